The maximum Gasteiger partial charge on any atom is 0.234 e. The van der Waals surface area contributed by atoms with Gasteiger partial charge in [0.15, 0.2) is 0 Å². The van der Waals surface area contributed by atoms with Crippen LogP contribution in [0.4, 0.5) is 0 Å². The summed E-state index contributed by atoms with van der Waals surface area (Å²) >= 11 is 0. The third-order valence-corrected chi connectivity index (χ3v) is 2.98. The van der Waals surface area contributed by atoms with E-state index in [4.69, 9.17) is 5.14 Å². The van der Waals surface area contributed by atoms with Gasteiger partial charge in [0.25, 0.3) is 0 Å². The lowest BCUT2D eigenvalue weighted by atomic mass is 10.2. The Balaban J connectivity index is 4.81. The average Bonchev–Trinajstić information content (AvgIpc) is 2.02. The zero-order valence-electron chi connectivity index (χ0n) is 8.37. The topological polar surface area (TPSA) is 60.2 Å². The summed E-state index contributed by atoms with van der Waals surface area (Å²) < 4.78 is 21.9. The van der Waals surface area contributed by atoms with Gasteiger partial charge in [0.05, 0.1) is 4.91 Å². The van der Waals surface area contributed by atoms with E-state index in [-0.39, 0.29) is 4.91 Å². The summed E-state index contributed by atoms with van der Waals surface area (Å²) in [5, 5.41) is 4.99. The van der Waals surface area contributed by atoms with Crippen molar-refractivity contribution in [3.8, 4) is 0 Å². The van der Waals surface area contributed by atoms with Gasteiger partial charge in [0.2, 0.25) is 10.0 Å². The van der Waals surface area contributed by atoms with Gasteiger partial charge in [-0.1, -0.05) is 25.5 Å². The first-order valence-corrected chi connectivity index (χ1v) is 5.85. The number of hydrogen-bond donors (Lipinski definition) is 1. The molecule has 0 amide bonds. The van der Waals surface area contributed by atoms with Crippen molar-refractivity contribution >= 4 is 10.0 Å². The molecule has 0 aliphatic heterocycles. The summed E-state index contributed by atoms with van der Waals surface area (Å²) in [5.41, 5.74) is 1.13. The second-order valence-corrected chi connectivity index (χ2v) is 4.51. The average molecular weight is 203 g/mol. The van der Waals surface area contributed by atoms with E-state index in [1.165, 1.54) is 0 Å². The Kier molecular flexibility index (Phi) is 4.95. The number of primary sulfonamides is 1. The smallest absolute Gasteiger partial charge is 0.225 e. The number of allylic oxidation sites excluding steroid dienone is 4. The Morgan fingerprint density at radius 3 is 2.08 bits per heavy atom. The quantitative estimate of drug-likeness (QED) is 0.710. The van der Waals surface area contributed by atoms with Gasteiger partial charge in [-0.25, -0.2) is 13.6 Å². The van der Waals surface area contributed by atoms with E-state index in [1.807, 2.05) is 13.8 Å². The first-order chi connectivity index (χ1) is 5.91. The summed E-state index contributed by atoms with van der Waals surface area (Å²) in [6.45, 7) is 5.74. The van der Waals surface area contributed by atoms with E-state index in [1.54, 1.807) is 19.1 Å². The van der Waals surface area contributed by atoms with Gasteiger partial charge in [-0.2, -0.15) is 0 Å². The summed E-state index contributed by atoms with van der Waals surface area (Å²) in [5.74, 6) is 0. The fourth-order valence-electron chi connectivity index (χ4n) is 0.767. The van der Waals surface area contributed by atoms with E-state index >= 15 is 0 Å². The fraction of sp³-hybridized carbons (Fsp3) is 0.556. The van der Waals surface area contributed by atoms with Crippen LogP contribution in [0, 0.1) is 0 Å². The molecule has 0 atom stereocenters. The third kappa shape index (κ3) is 4.85. The first kappa shape index (κ1) is 12.4. The molecule has 0 saturated heterocycles. The van der Waals surface area contributed by atoms with Gasteiger partial charge < -0.3 is 0 Å². The molecule has 13 heavy (non-hydrogen) atoms. The summed E-state index contributed by atoms with van der Waals surface area (Å²) in [4.78, 5) is 0.278. The van der Waals surface area contributed by atoms with Crippen LogP contribution in [-0.4, -0.2) is 8.42 Å². The molecule has 0 unspecified atom stereocenters. The molecule has 0 aromatic rings. The predicted molar refractivity (Wildman–Crippen MR) is 55.5 cm³/mol. The molecule has 0 fully saturated rings. The van der Waals surface area contributed by atoms with Crippen molar-refractivity contribution in [1.82, 2.24) is 0 Å². The van der Waals surface area contributed by atoms with Crippen molar-refractivity contribution in [1.29, 1.82) is 0 Å². The minimum Gasteiger partial charge on any atom is -0.225 e. The SMILES string of the molecule is CC/C(C)=C\C=C(/CC)S(N)(=O)=O. The molecule has 0 radical (unpaired) electrons. The zero-order valence-corrected chi connectivity index (χ0v) is 9.19. The normalized spacial score (nSPS) is 14.8. The largest absolute Gasteiger partial charge is 0.234 e. The highest BCUT2D eigenvalue weighted by Gasteiger charge is 2.07. The number of rotatable bonds is 4. The molecular formula is C9H17NO2S. The van der Waals surface area contributed by atoms with E-state index in [0.717, 1.165) is 12.0 Å². The maximum absolute atomic E-state index is 10.9. The summed E-state index contributed by atoms with van der Waals surface area (Å²) in [6.07, 6.45) is 4.72. The highest BCUT2D eigenvalue weighted by Crippen LogP contribution is 2.08. The first-order valence-electron chi connectivity index (χ1n) is 4.31. The van der Waals surface area contributed by atoms with Crippen molar-refractivity contribution in [2.45, 2.75) is 33.6 Å². The molecule has 0 heterocycles. The molecule has 0 aromatic heterocycles. The van der Waals surface area contributed by atoms with Crippen molar-refractivity contribution < 1.29 is 8.42 Å². The molecule has 2 N–H and O–H groups in total. The number of nitrogens with two attached hydrogens (primary N) is 1. The molecule has 3 nitrogen and oxygen atoms in total. The molecule has 0 spiro atoms. The van der Waals surface area contributed by atoms with E-state index in [2.05, 4.69) is 0 Å². The maximum atomic E-state index is 10.9. The summed E-state index contributed by atoms with van der Waals surface area (Å²) in [6, 6.07) is 0. The number of sulfonamides is 1. The molecule has 0 saturated carbocycles. The van der Waals surface area contributed by atoms with Gasteiger partial charge in [0, 0.05) is 0 Å². The second-order valence-electron chi connectivity index (χ2n) is 2.90. The van der Waals surface area contributed by atoms with Crippen LogP contribution in [-0.2, 0) is 10.0 Å². The lowest BCUT2D eigenvalue weighted by Gasteiger charge is -1.99. The standard InChI is InChI=1S/C9H17NO2S/c1-4-8(3)6-7-9(5-2)13(10,11)12/h6-7H,4-5H2,1-3H3,(H2,10,11,12)/b8-6-,9-7+. The Hall–Kier alpha value is -0.610. The molecule has 0 bridgehead atoms. The van der Waals surface area contributed by atoms with E-state index in [9.17, 15) is 8.42 Å². The van der Waals surface area contributed by atoms with Gasteiger partial charge in [-0.3, -0.25) is 0 Å². The van der Waals surface area contributed by atoms with Gasteiger partial charge >= 0.3 is 0 Å². The highest BCUT2D eigenvalue weighted by molar-refractivity contribution is 7.93. The van der Waals surface area contributed by atoms with Gasteiger partial charge in [-0.15, -0.1) is 0 Å². The van der Waals surface area contributed by atoms with Crippen LogP contribution in [0.15, 0.2) is 22.6 Å². The minimum atomic E-state index is -3.50. The van der Waals surface area contributed by atoms with Gasteiger partial charge in [0.1, 0.15) is 0 Å². The Labute approximate surface area is 80.4 Å². The van der Waals surface area contributed by atoms with Crippen molar-refractivity contribution in [2.24, 2.45) is 5.14 Å². The van der Waals surface area contributed by atoms with Crippen molar-refractivity contribution in [2.75, 3.05) is 0 Å². The molecule has 76 valence electrons. The van der Waals surface area contributed by atoms with Crippen LogP contribution in [0.5, 0.6) is 0 Å². The lowest BCUT2D eigenvalue weighted by molar-refractivity contribution is 0.602. The molecule has 4 heteroatoms. The minimum absolute atomic E-state index is 0.278. The highest BCUT2D eigenvalue weighted by atomic mass is 32.2. The number of hydrogen-bond acceptors (Lipinski definition) is 2. The van der Waals surface area contributed by atoms with Crippen LogP contribution in [0.3, 0.4) is 0 Å². The molecule has 0 aliphatic rings. The monoisotopic (exact) mass is 203 g/mol. The van der Waals surface area contributed by atoms with E-state index in [0.29, 0.717) is 6.42 Å². The Bertz CT molecular complexity index is 313. The summed E-state index contributed by atoms with van der Waals surface area (Å²) in [7, 11) is -3.50. The zero-order chi connectivity index (χ0) is 10.5. The molecule has 0 aliphatic carbocycles. The predicted octanol–water partition coefficient (Wildman–Crippen LogP) is 1.93. The third-order valence-electron chi connectivity index (χ3n) is 1.83. The molecular weight excluding hydrogens is 186 g/mol. The Morgan fingerprint density at radius 2 is 1.77 bits per heavy atom. The second kappa shape index (κ2) is 5.19. The van der Waals surface area contributed by atoms with Crippen LogP contribution >= 0.6 is 0 Å². The molecule has 0 rings (SSSR count). The van der Waals surface area contributed by atoms with Crippen LogP contribution in [0.2, 0.25) is 0 Å². The van der Waals surface area contributed by atoms with E-state index < -0.39 is 10.0 Å². The Morgan fingerprint density at radius 1 is 1.23 bits per heavy atom. The van der Waals surface area contributed by atoms with Crippen molar-refractivity contribution in [3.05, 3.63) is 22.6 Å². The lowest BCUT2D eigenvalue weighted by Crippen LogP contribution is -2.13. The van der Waals surface area contributed by atoms with Gasteiger partial charge in [-0.05, 0) is 25.8 Å². The van der Waals surface area contributed by atoms with Crippen LogP contribution in [0.25, 0.3) is 0 Å². The van der Waals surface area contributed by atoms with Crippen LogP contribution < -0.4 is 5.14 Å². The molecule has 0 aromatic carbocycles. The van der Waals surface area contributed by atoms with Crippen molar-refractivity contribution in [3.63, 3.8) is 0 Å². The fourth-order valence-corrected chi connectivity index (χ4v) is 1.43. The van der Waals surface area contributed by atoms with Crippen LogP contribution in [0.1, 0.15) is 33.6 Å².